The largest absolute Gasteiger partial charge is 0.315 e. The van der Waals surface area contributed by atoms with Gasteiger partial charge in [-0.2, -0.15) is 0 Å². The molecule has 1 atom stereocenters. The van der Waals surface area contributed by atoms with Crippen molar-refractivity contribution in [3.63, 3.8) is 0 Å². The summed E-state index contributed by atoms with van der Waals surface area (Å²) in [5.74, 6) is 0.727. The Hall–Kier alpha value is -0.860. The predicted molar refractivity (Wildman–Crippen MR) is 80.1 cm³/mol. The summed E-state index contributed by atoms with van der Waals surface area (Å²) < 4.78 is 0. The van der Waals surface area contributed by atoms with Gasteiger partial charge in [0.05, 0.1) is 0 Å². The number of benzene rings is 1. The second-order valence-corrected chi connectivity index (χ2v) is 5.64. The van der Waals surface area contributed by atoms with E-state index in [-0.39, 0.29) is 0 Å². The lowest BCUT2D eigenvalue weighted by Crippen LogP contribution is -2.38. The lowest BCUT2D eigenvalue weighted by atomic mass is 10.1. The average Bonchev–Trinajstić information content (AvgIpc) is 2.31. The van der Waals surface area contributed by atoms with Gasteiger partial charge in [0.2, 0.25) is 0 Å². The van der Waals surface area contributed by atoms with Crippen molar-refractivity contribution < 1.29 is 0 Å². The van der Waals surface area contributed by atoms with Crippen molar-refractivity contribution in [3.05, 3.63) is 35.4 Å². The van der Waals surface area contributed by atoms with Crippen LogP contribution >= 0.6 is 0 Å². The van der Waals surface area contributed by atoms with E-state index in [0.29, 0.717) is 6.04 Å². The molecule has 1 unspecified atom stereocenters. The first-order valence-electron chi connectivity index (χ1n) is 7.07. The maximum Gasteiger partial charge on any atom is 0.0164 e. The molecule has 1 aromatic rings. The zero-order valence-electron chi connectivity index (χ0n) is 12.3. The molecule has 0 aliphatic heterocycles. The van der Waals surface area contributed by atoms with Gasteiger partial charge in [0.15, 0.2) is 0 Å². The zero-order valence-corrected chi connectivity index (χ0v) is 12.3. The van der Waals surface area contributed by atoms with E-state index in [1.54, 1.807) is 0 Å². The van der Waals surface area contributed by atoms with Gasteiger partial charge in [-0.3, -0.25) is 0 Å². The summed E-state index contributed by atoms with van der Waals surface area (Å²) in [6, 6.07) is 9.35. The van der Waals surface area contributed by atoms with E-state index in [1.807, 2.05) is 0 Å². The van der Waals surface area contributed by atoms with Crippen LogP contribution in [0, 0.1) is 12.8 Å². The van der Waals surface area contributed by atoms with Crippen LogP contribution in [-0.2, 0) is 6.42 Å². The van der Waals surface area contributed by atoms with Crippen molar-refractivity contribution in [2.75, 3.05) is 19.6 Å². The molecule has 0 saturated heterocycles. The fourth-order valence-electron chi connectivity index (χ4n) is 1.88. The Morgan fingerprint density at radius 3 is 2.28 bits per heavy atom. The van der Waals surface area contributed by atoms with Gasteiger partial charge in [-0.25, -0.2) is 0 Å². The van der Waals surface area contributed by atoms with Crippen LogP contribution in [-0.4, -0.2) is 25.7 Å². The van der Waals surface area contributed by atoms with Crippen molar-refractivity contribution in [1.82, 2.24) is 10.6 Å². The minimum absolute atomic E-state index is 0.536. The van der Waals surface area contributed by atoms with Crippen LogP contribution in [0.1, 0.15) is 31.9 Å². The molecule has 0 saturated carbocycles. The Morgan fingerprint density at radius 2 is 1.67 bits per heavy atom. The Labute approximate surface area is 112 Å². The summed E-state index contributed by atoms with van der Waals surface area (Å²) in [5, 5.41) is 7.04. The monoisotopic (exact) mass is 248 g/mol. The van der Waals surface area contributed by atoms with Gasteiger partial charge >= 0.3 is 0 Å². The molecule has 0 fully saturated rings. The molecule has 0 spiro atoms. The second-order valence-electron chi connectivity index (χ2n) is 5.64. The first kappa shape index (κ1) is 15.2. The molecular formula is C16H28N2. The number of hydrogen-bond acceptors (Lipinski definition) is 2. The van der Waals surface area contributed by atoms with Crippen molar-refractivity contribution >= 4 is 0 Å². The lowest BCUT2D eigenvalue weighted by Gasteiger charge is -2.15. The van der Waals surface area contributed by atoms with Crippen LogP contribution in [0.4, 0.5) is 0 Å². The van der Waals surface area contributed by atoms with Gasteiger partial charge < -0.3 is 10.6 Å². The molecular weight excluding hydrogens is 220 g/mol. The van der Waals surface area contributed by atoms with Crippen molar-refractivity contribution in [2.24, 2.45) is 5.92 Å². The van der Waals surface area contributed by atoms with Crippen molar-refractivity contribution in [3.8, 4) is 0 Å². The molecule has 0 aromatic heterocycles. The molecule has 102 valence electrons. The quantitative estimate of drug-likeness (QED) is 0.739. The summed E-state index contributed by atoms with van der Waals surface area (Å²) in [7, 11) is 0. The summed E-state index contributed by atoms with van der Waals surface area (Å²) in [6.45, 7) is 12.0. The Bertz CT molecular complexity index is 316. The van der Waals surface area contributed by atoms with Gasteiger partial charge in [0, 0.05) is 12.6 Å². The van der Waals surface area contributed by atoms with Crippen molar-refractivity contribution in [1.29, 1.82) is 0 Å². The number of rotatable bonds is 8. The van der Waals surface area contributed by atoms with E-state index >= 15 is 0 Å². The van der Waals surface area contributed by atoms with Crippen LogP contribution in [0.25, 0.3) is 0 Å². The van der Waals surface area contributed by atoms with Crippen LogP contribution < -0.4 is 10.6 Å². The van der Waals surface area contributed by atoms with Gasteiger partial charge in [0.25, 0.3) is 0 Å². The summed E-state index contributed by atoms with van der Waals surface area (Å²) >= 11 is 0. The molecule has 1 aromatic carbocycles. The highest BCUT2D eigenvalue weighted by Crippen LogP contribution is 2.03. The van der Waals surface area contributed by atoms with Gasteiger partial charge in [-0.05, 0) is 44.8 Å². The van der Waals surface area contributed by atoms with Gasteiger partial charge in [-0.1, -0.05) is 43.7 Å². The van der Waals surface area contributed by atoms with Crippen LogP contribution in [0.2, 0.25) is 0 Å². The van der Waals surface area contributed by atoms with E-state index < -0.39 is 0 Å². The number of nitrogens with one attached hydrogen (secondary N) is 2. The van der Waals surface area contributed by atoms with Gasteiger partial charge in [-0.15, -0.1) is 0 Å². The van der Waals surface area contributed by atoms with Crippen LogP contribution in [0.5, 0.6) is 0 Å². The topological polar surface area (TPSA) is 24.1 Å². The molecule has 0 heterocycles. The van der Waals surface area contributed by atoms with E-state index in [9.17, 15) is 0 Å². The third kappa shape index (κ3) is 6.77. The third-order valence-corrected chi connectivity index (χ3v) is 3.03. The zero-order chi connectivity index (χ0) is 13.4. The van der Waals surface area contributed by atoms with E-state index in [1.165, 1.54) is 11.1 Å². The Morgan fingerprint density at radius 1 is 1.00 bits per heavy atom. The first-order valence-corrected chi connectivity index (χ1v) is 7.07. The first-order chi connectivity index (χ1) is 8.58. The van der Waals surface area contributed by atoms with E-state index in [4.69, 9.17) is 0 Å². The molecule has 2 heteroatoms. The second kappa shape index (κ2) is 8.28. The molecule has 0 aliphatic rings. The van der Waals surface area contributed by atoms with E-state index in [0.717, 1.165) is 32.0 Å². The fraction of sp³-hybridized carbons (Fsp3) is 0.625. The molecule has 2 N–H and O–H groups in total. The van der Waals surface area contributed by atoms with E-state index in [2.05, 4.69) is 62.6 Å². The maximum absolute atomic E-state index is 3.56. The van der Waals surface area contributed by atoms with Crippen LogP contribution in [0.3, 0.4) is 0 Å². The summed E-state index contributed by atoms with van der Waals surface area (Å²) in [6.07, 6.45) is 1.11. The number of aryl methyl sites for hydroxylation is 1. The molecule has 0 aliphatic carbocycles. The smallest absolute Gasteiger partial charge is 0.0164 e. The third-order valence-electron chi connectivity index (χ3n) is 3.03. The predicted octanol–water partition coefficient (Wildman–Crippen LogP) is 2.76. The lowest BCUT2D eigenvalue weighted by molar-refractivity contribution is 0.474. The Kier molecular flexibility index (Phi) is 6.99. The molecule has 0 radical (unpaired) electrons. The average molecular weight is 248 g/mol. The maximum atomic E-state index is 3.56. The van der Waals surface area contributed by atoms with Crippen molar-refractivity contribution in [2.45, 2.75) is 40.2 Å². The molecule has 0 amide bonds. The molecule has 18 heavy (non-hydrogen) atoms. The highest BCUT2D eigenvalue weighted by Gasteiger charge is 2.01. The highest BCUT2D eigenvalue weighted by atomic mass is 15.0. The summed E-state index contributed by atoms with van der Waals surface area (Å²) in [4.78, 5) is 0. The normalized spacial score (nSPS) is 12.9. The molecule has 0 bridgehead atoms. The summed E-state index contributed by atoms with van der Waals surface area (Å²) in [5.41, 5.74) is 2.74. The standard InChI is InChI=1S/C16H28N2/c1-13(2)11-17-12-15(4)18-10-9-16-7-5-14(3)6-8-16/h5-8,13,15,17-18H,9-12H2,1-4H3. The molecule has 1 rings (SSSR count). The van der Waals surface area contributed by atoms with Gasteiger partial charge in [0.1, 0.15) is 0 Å². The van der Waals surface area contributed by atoms with Crippen LogP contribution in [0.15, 0.2) is 24.3 Å². The SMILES string of the molecule is Cc1ccc(CCNC(C)CNCC(C)C)cc1. The molecule has 2 nitrogen and oxygen atoms in total. The fourth-order valence-corrected chi connectivity index (χ4v) is 1.88. The number of hydrogen-bond donors (Lipinski definition) is 2. The minimum atomic E-state index is 0.536. The minimum Gasteiger partial charge on any atom is -0.315 e. The highest BCUT2D eigenvalue weighted by molar-refractivity contribution is 5.21. The Balaban J connectivity index is 2.11.